The van der Waals surface area contributed by atoms with E-state index in [0.717, 1.165) is 5.56 Å². The van der Waals surface area contributed by atoms with Crippen LogP contribution < -0.4 is 9.04 Å². The molecular formula is C24H25NO5S. The van der Waals surface area contributed by atoms with Crippen molar-refractivity contribution >= 4 is 21.8 Å². The molecule has 0 bridgehead atoms. The molecule has 0 spiro atoms. The highest BCUT2D eigenvalue weighted by atomic mass is 32.2. The third-order valence-electron chi connectivity index (χ3n) is 4.16. The number of amides is 1. The molecule has 0 aliphatic heterocycles. The van der Waals surface area contributed by atoms with Gasteiger partial charge in [-0.25, -0.2) is 13.2 Å². The number of carbonyl (C=O) groups excluding carboxylic acids is 1. The Morgan fingerprint density at radius 3 is 2.00 bits per heavy atom. The number of nitrogens with zero attached hydrogens (tertiary/aromatic N) is 1. The van der Waals surface area contributed by atoms with Gasteiger partial charge in [0.15, 0.2) is 0 Å². The molecule has 0 heterocycles. The lowest BCUT2D eigenvalue weighted by molar-refractivity contribution is 0.0608. The van der Waals surface area contributed by atoms with Crippen LogP contribution in [0.25, 0.3) is 0 Å². The number of benzene rings is 3. The van der Waals surface area contributed by atoms with Gasteiger partial charge >= 0.3 is 6.09 Å². The smallest absolute Gasteiger partial charge is 0.429 e. The molecule has 162 valence electrons. The topological polar surface area (TPSA) is 72.9 Å². The number of ether oxygens (including phenoxy) is 2. The van der Waals surface area contributed by atoms with Crippen LogP contribution in [-0.4, -0.2) is 20.1 Å². The van der Waals surface area contributed by atoms with Gasteiger partial charge in [0, 0.05) is 0 Å². The van der Waals surface area contributed by atoms with Crippen LogP contribution in [0.4, 0.5) is 10.5 Å². The summed E-state index contributed by atoms with van der Waals surface area (Å²) >= 11 is 0. The van der Waals surface area contributed by atoms with Gasteiger partial charge in [0.1, 0.15) is 23.6 Å². The van der Waals surface area contributed by atoms with Crippen LogP contribution in [0.15, 0.2) is 89.8 Å². The molecule has 6 nitrogen and oxygen atoms in total. The minimum Gasteiger partial charge on any atom is -0.487 e. The lowest BCUT2D eigenvalue weighted by Gasteiger charge is -2.28. The van der Waals surface area contributed by atoms with Crippen LogP contribution >= 0.6 is 0 Å². The number of hydrogen-bond acceptors (Lipinski definition) is 5. The molecule has 0 aliphatic carbocycles. The maximum absolute atomic E-state index is 13.5. The molecule has 31 heavy (non-hydrogen) atoms. The molecule has 0 fully saturated rings. The molecule has 3 rings (SSSR count). The maximum Gasteiger partial charge on any atom is 0.429 e. The zero-order valence-corrected chi connectivity index (χ0v) is 18.5. The molecule has 0 atom stereocenters. The van der Waals surface area contributed by atoms with E-state index in [1.165, 1.54) is 18.2 Å². The van der Waals surface area contributed by atoms with Gasteiger partial charge in [-0.2, -0.15) is 4.31 Å². The second-order valence-corrected chi connectivity index (χ2v) is 9.59. The average Bonchev–Trinajstić information content (AvgIpc) is 2.73. The molecule has 0 saturated heterocycles. The minimum absolute atomic E-state index is 0.0290. The van der Waals surface area contributed by atoms with Crippen molar-refractivity contribution in [3.05, 3.63) is 90.5 Å². The molecule has 0 aromatic heterocycles. The number of sulfonamides is 1. The summed E-state index contributed by atoms with van der Waals surface area (Å²) in [6.07, 6.45) is -1.01. The number of rotatable bonds is 6. The highest BCUT2D eigenvalue weighted by molar-refractivity contribution is 7.93. The van der Waals surface area contributed by atoms with Gasteiger partial charge in [-0.1, -0.05) is 60.7 Å². The number of hydrogen-bond donors (Lipinski definition) is 0. The standard InChI is InChI=1S/C24H25NO5S/c1-24(2,3)30-23(26)25(31(27,28)20-14-8-5-9-15-20)21-16-10-11-17-22(21)29-18-19-12-6-4-7-13-19/h4-17H,18H2,1-3H3. The Morgan fingerprint density at radius 2 is 1.39 bits per heavy atom. The third kappa shape index (κ3) is 5.64. The summed E-state index contributed by atoms with van der Waals surface area (Å²) in [6.45, 7) is 5.24. The fourth-order valence-corrected chi connectivity index (χ4v) is 4.16. The Labute approximate surface area is 183 Å². The second-order valence-electron chi connectivity index (χ2n) is 7.80. The van der Waals surface area contributed by atoms with E-state index in [0.29, 0.717) is 4.31 Å². The van der Waals surface area contributed by atoms with Crippen molar-refractivity contribution in [2.45, 2.75) is 37.9 Å². The summed E-state index contributed by atoms with van der Waals surface area (Å²) in [6, 6.07) is 23.7. The van der Waals surface area contributed by atoms with Crippen molar-refractivity contribution in [2.24, 2.45) is 0 Å². The van der Waals surface area contributed by atoms with Crippen molar-refractivity contribution in [2.75, 3.05) is 4.31 Å². The van der Waals surface area contributed by atoms with Crippen molar-refractivity contribution in [3.8, 4) is 5.75 Å². The third-order valence-corrected chi connectivity index (χ3v) is 5.86. The predicted octanol–water partition coefficient (Wildman–Crippen LogP) is 5.40. The Morgan fingerprint density at radius 1 is 0.839 bits per heavy atom. The normalized spacial score (nSPS) is 11.6. The summed E-state index contributed by atoms with van der Waals surface area (Å²) in [7, 11) is -4.25. The highest BCUT2D eigenvalue weighted by Gasteiger charge is 2.36. The number of para-hydroxylation sites is 2. The van der Waals surface area contributed by atoms with E-state index in [-0.39, 0.29) is 22.9 Å². The zero-order chi connectivity index (χ0) is 22.5. The maximum atomic E-state index is 13.5. The van der Waals surface area contributed by atoms with E-state index in [2.05, 4.69) is 0 Å². The van der Waals surface area contributed by atoms with Crippen molar-refractivity contribution < 1.29 is 22.7 Å². The van der Waals surface area contributed by atoms with E-state index in [4.69, 9.17) is 9.47 Å². The fraction of sp³-hybridized carbons (Fsp3) is 0.208. The second kappa shape index (κ2) is 9.22. The predicted molar refractivity (Wildman–Crippen MR) is 120 cm³/mol. The average molecular weight is 440 g/mol. The first-order valence-electron chi connectivity index (χ1n) is 9.77. The molecule has 0 saturated carbocycles. The van der Waals surface area contributed by atoms with Gasteiger partial charge < -0.3 is 9.47 Å². The molecule has 0 aliphatic rings. The van der Waals surface area contributed by atoms with Crippen LogP contribution in [0.3, 0.4) is 0 Å². The van der Waals surface area contributed by atoms with Crippen LogP contribution in [0.1, 0.15) is 26.3 Å². The summed E-state index contributed by atoms with van der Waals surface area (Å²) in [5, 5.41) is 0. The minimum atomic E-state index is -4.25. The Kier molecular flexibility index (Phi) is 6.65. The fourth-order valence-electron chi connectivity index (χ4n) is 2.81. The molecule has 7 heteroatoms. The van der Waals surface area contributed by atoms with Gasteiger partial charge in [0.25, 0.3) is 10.0 Å². The Bertz CT molecular complexity index is 1120. The van der Waals surface area contributed by atoms with Crippen LogP contribution in [0.2, 0.25) is 0 Å². The van der Waals surface area contributed by atoms with Gasteiger partial charge in [0.2, 0.25) is 0 Å². The Balaban J connectivity index is 2.05. The van der Waals surface area contributed by atoms with Crippen LogP contribution in [0, 0.1) is 0 Å². The molecule has 3 aromatic rings. The summed E-state index contributed by atoms with van der Waals surface area (Å²) in [4.78, 5) is 13.0. The first-order valence-corrected chi connectivity index (χ1v) is 11.2. The molecule has 0 unspecified atom stereocenters. The van der Waals surface area contributed by atoms with Gasteiger partial charge in [0.05, 0.1) is 4.90 Å². The quantitative estimate of drug-likeness (QED) is 0.514. The van der Waals surface area contributed by atoms with E-state index in [1.54, 1.807) is 57.2 Å². The van der Waals surface area contributed by atoms with Crippen LogP contribution in [-0.2, 0) is 21.4 Å². The van der Waals surface area contributed by atoms with E-state index in [9.17, 15) is 13.2 Å². The number of anilines is 1. The lowest BCUT2D eigenvalue weighted by atomic mass is 10.2. The van der Waals surface area contributed by atoms with E-state index < -0.39 is 21.7 Å². The van der Waals surface area contributed by atoms with Gasteiger partial charge in [-0.15, -0.1) is 0 Å². The van der Waals surface area contributed by atoms with Gasteiger partial charge in [-0.05, 0) is 50.6 Å². The summed E-state index contributed by atoms with van der Waals surface area (Å²) in [5.74, 6) is 0.247. The molecule has 1 amide bonds. The van der Waals surface area contributed by atoms with Crippen molar-refractivity contribution in [1.29, 1.82) is 0 Å². The van der Waals surface area contributed by atoms with Crippen molar-refractivity contribution in [3.63, 3.8) is 0 Å². The van der Waals surface area contributed by atoms with E-state index >= 15 is 0 Å². The summed E-state index contributed by atoms with van der Waals surface area (Å²) < 4.78 is 38.9. The Hall–Kier alpha value is -3.32. The molecule has 0 N–H and O–H groups in total. The lowest BCUT2D eigenvalue weighted by Crippen LogP contribution is -2.41. The van der Waals surface area contributed by atoms with Crippen molar-refractivity contribution in [1.82, 2.24) is 0 Å². The zero-order valence-electron chi connectivity index (χ0n) is 17.7. The molecular weight excluding hydrogens is 414 g/mol. The first-order chi connectivity index (χ1) is 14.7. The first kappa shape index (κ1) is 22.4. The SMILES string of the molecule is CC(C)(C)OC(=O)N(c1ccccc1OCc1ccccc1)S(=O)(=O)c1ccccc1. The van der Waals surface area contributed by atoms with E-state index in [1.807, 2.05) is 30.3 Å². The summed E-state index contributed by atoms with van der Waals surface area (Å²) in [5.41, 5.74) is 0.102. The van der Waals surface area contributed by atoms with Crippen LogP contribution in [0.5, 0.6) is 5.75 Å². The molecule has 3 aromatic carbocycles. The molecule has 0 radical (unpaired) electrons. The van der Waals surface area contributed by atoms with Gasteiger partial charge in [-0.3, -0.25) is 0 Å². The number of carbonyl (C=O) groups is 1. The largest absolute Gasteiger partial charge is 0.487 e. The highest BCUT2D eigenvalue weighted by Crippen LogP contribution is 2.34. The monoisotopic (exact) mass is 439 g/mol.